The topological polar surface area (TPSA) is 73.6 Å². The van der Waals surface area contributed by atoms with Crippen molar-refractivity contribution in [3.8, 4) is 22.8 Å². The number of aromatic carboxylic acids is 1. The predicted octanol–water partition coefficient (Wildman–Crippen LogP) is 3.07. The molecule has 0 bridgehead atoms. The van der Waals surface area contributed by atoms with Crippen molar-refractivity contribution >= 4 is 17.7 Å². The van der Waals surface area contributed by atoms with Crippen LogP contribution < -0.4 is 9.47 Å². The average Bonchev–Trinajstić information content (AvgIpc) is 2.97. The summed E-state index contributed by atoms with van der Waals surface area (Å²) in [6, 6.07) is 7.19. The Morgan fingerprint density at radius 3 is 2.92 bits per heavy atom. The number of carboxylic acids is 1. The minimum absolute atomic E-state index is 0.00422. The van der Waals surface area contributed by atoms with Gasteiger partial charge in [0.1, 0.15) is 6.10 Å². The Labute approximate surface area is 144 Å². The molecule has 24 heavy (non-hydrogen) atoms. The number of hydrogen-bond acceptors (Lipinski definition) is 5. The fraction of sp³-hybridized carbons (Fsp3) is 0.412. The Balaban J connectivity index is 1.96. The van der Waals surface area contributed by atoms with Gasteiger partial charge in [-0.25, -0.2) is 4.79 Å². The summed E-state index contributed by atoms with van der Waals surface area (Å²) < 4.78 is 13.3. The molecule has 1 fully saturated rings. The number of hydrogen-bond donors (Lipinski definition) is 1. The lowest BCUT2D eigenvalue weighted by atomic mass is 10.1. The van der Waals surface area contributed by atoms with Gasteiger partial charge in [0.15, 0.2) is 17.2 Å². The van der Waals surface area contributed by atoms with Crippen molar-refractivity contribution in [3.63, 3.8) is 0 Å². The van der Waals surface area contributed by atoms with Crippen molar-refractivity contribution in [3.05, 3.63) is 30.0 Å². The van der Waals surface area contributed by atoms with E-state index in [-0.39, 0.29) is 11.8 Å². The van der Waals surface area contributed by atoms with E-state index >= 15 is 0 Å². The molecule has 0 spiro atoms. The number of benzene rings is 1. The third kappa shape index (κ3) is 3.36. The summed E-state index contributed by atoms with van der Waals surface area (Å²) in [6.45, 7) is 0. The lowest BCUT2D eigenvalue weighted by Crippen LogP contribution is -2.23. The van der Waals surface area contributed by atoms with Crippen LogP contribution in [0.2, 0.25) is 0 Å². The quantitative estimate of drug-likeness (QED) is 0.895. The third-order valence-electron chi connectivity index (χ3n) is 3.97. The molecule has 6 nitrogen and oxygen atoms in total. The zero-order valence-corrected chi connectivity index (χ0v) is 14.5. The van der Waals surface area contributed by atoms with Gasteiger partial charge in [0.2, 0.25) is 0 Å². The summed E-state index contributed by atoms with van der Waals surface area (Å²) >= 11 is 1.90. The van der Waals surface area contributed by atoms with E-state index in [0.717, 1.165) is 24.2 Å². The molecule has 1 atom stereocenters. The van der Waals surface area contributed by atoms with Crippen LogP contribution in [0.1, 0.15) is 23.3 Å². The second-order valence-electron chi connectivity index (χ2n) is 5.64. The van der Waals surface area contributed by atoms with Gasteiger partial charge in [0.05, 0.1) is 12.8 Å². The molecule has 0 amide bonds. The molecule has 1 aliphatic rings. The van der Waals surface area contributed by atoms with E-state index in [1.807, 2.05) is 30.0 Å². The third-order valence-corrected chi connectivity index (χ3v) is 5.15. The van der Waals surface area contributed by atoms with Crippen LogP contribution in [0.25, 0.3) is 11.3 Å². The summed E-state index contributed by atoms with van der Waals surface area (Å²) in [5, 5.41) is 13.2. The van der Waals surface area contributed by atoms with E-state index in [1.165, 1.54) is 5.75 Å². The maximum Gasteiger partial charge on any atom is 0.356 e. The number of nitrogens with zero attached hydrogens (tertiary/aromatic N) is 2. The van der Waals surface area contributed by atoms with E-state index in [4.69, 9.17) is 14.6 Å². The Morgan fingerprint density at radius 1 is 1.46 bits per heavy atom. The summed E-state index contributed by atoms with van der Waals surface area (Å²) in [5.74, 6) is 2.39. The van der Waals surface area contributed by atoms with Gasteiger partial charge in [0, 0.05) is 18.4 Å². The van der Waals surface area contributed by atoms with E-state index < -0.39 is 5.97 Å². The van der Waals surface area contributed by atoms with Crippen LogP contribution in [-0.4, -0.2) is 45.6 Å². The lowest BCUT2D eigenvalue weighted by molar-refractivity contribution is 0.0689. The molecule has 2 aromatic rings. The zero-order chi connectivity index (χ0) is 17.1. The predicted molar refractivity (Wildman–Crippen MR) is 93.1 cm³/mol. The van der Waals surface area contributed by atoms with E-state index in [9.17, 15) is 4.79 Å². The van der Waals surface area contributed by atoms with Gasteiger partial charge in [-0.15, -0.1) is 0 Å². The highest BCUT2D eigenvalue weighted by Crippen LogP contribution is 2.39. The molecule has 3 rings (SSSR count). The van der Waals surface area contributed by atoms with Crippen molar-refractivity contribution in [1.82, 2.24) is 9.78 Å². The minimum atomic E-state index is -1.05. The smallest absolute Gasteiger partial charge is 0.356 e. The molecular formula is C17H20N2O4S. The molecule has 2 heterocycles. The number of aryl methyl sites for hydroxylation is 1. The van der Waals surface area contributed by atoms with Gasteiger partial charge in [0.25, 0.3) is 0 Å². The monoisotopic (exact) mass is 348 g/mol. The summed E-state index contributed by atoms with van der Waals surface area (Å²) in [4.78, 5) is 11.1. The van der Waals surface area contributed by atoms with Crippen molar-refractivity contribution in [2.75, 3.05) is 18.6 Å². The largest absolute Gasteiger partial charge is 0.492 e. The maximum atomic E-state index is 11.1. The highest BCUT2D eigenvalue weighted by molar-refractivity contribution is 7.99. The number of carbonyl (C=O) groups is 1. The molecule has 1 aliphatic heterocycles. The molecular weight excluding hydrogens is 328 g/mol. The highest BCUT2D eigenvalue weighted by atomic mass is 32.2. The van der Waals surface area contributed by atoms with Crippen LogP contribution >= 0.6 is 11.8 Å². The summed E-state index contributed by atoms with van der Waals surface area (Å²) in [5.41, 5.74) is 1.44. The number of ether oxygens (including phenoxy) is 2. The molecule has 1 unspecified atom stereocenters. The number of para-hydroxylation sites is 1. The van der Waals surface area contributed by atoms with Crippen LogP contribution in [0.5, 0.6) is 11.5 Å². The SMILES string of the molecule is COc1c(OC2CCCSC2)cccc1-c1cc(C(=O)O)nn1C. The highest BCUT2D eigenvalue weighted by Gasteiger charge is 2.21. The van der Waals surface area contributed by atoms with Gasteiger partial charge < -0.3 is 14.6 Å². The van der Waals surface area contributed by atoms with Crippen LogP contribution in [0, 0.1) is 0 Å². The normalized spacial score (nSPS) is 17.5. The fourth-order valence-electron chi connectivity index (χ4n) is 2.83. The number of thioether (sulfide) groups is 1. The van der Waals surface area contributed by atoms with Gasteiger partial charge in [-0.3, -0.25) is 4.68 Å². The van der Waals surface area contributed by atoms with Gasteiger partial charge in [-0.1, -0.05) is 6.07 Å². The molecule has 1 aromatic carbocycles. The number of aromatic nitrogens is 2. The van der Waals surface area contributed by atoms with Crippen LogP contribution in [0.15, 0.2) is 24.3 Å². The van der Waals surface area contributed by atoms with E-state index in [2.05, 4.69) is 5.10 Å². The average molecular weight is 348 g/mol. The lowest BCUT2D eigenvalue weighted by Gasteiger charge is -2.24. The Bertz CT molecular complexity index is 738. The fourth-order valence-corrected chi connectivity index (χ4v) is 3.86. The number of carboxylic acid groups (broad SMARTS) is 1. The molecule has 0 saturated carbocycles. The van der Waals surface area contributed by atoms with E-state index in [0.29, 0.717) is 17.2 Å². The molecule has 1 saturated heterocycles. The van der Waals surface area contributed by atoms with Crippen LogP contribution in [0.3, 0.4) is 0 Å². The molecule has 0 radical (unpaired) electrons. The van der Waals surface area contributed by atoms with Gasteiger partial charge >= 0.3 is 5.97 Å². The Morgan fingerprint density at radius 2 is 2.29 bits per heavy atom. The van der Waals surface area contributed by atoms with Crippen molar-refractivity contribution in [2.45, 2.75) is 18.9 Å². The summed E-state index contributed by atoms with van der Waals surface area (Å²) in [6.07, 6.45) is 2.37. The molecule has 1 N–H and O–H groups in total. The number of methoxy groups -OCH3 is 1. The second-order valence-corrected chi connectivity index (χ2v) is 6.79. The molecule has 0 aliphatic carbocycles. The van der Waals surface area contributed by atoms with E-state index in [1.54, 1.807) is 24.9 Å². The zero-order valence-electron chi connectivity index (χ0n) is 13.7. The first-order valence-corrected chi connectivity index (χ1v) is 8.94. The first-order valence-electron chi connectivity index (χ1n) is 7.79. The standard InChI is InChI=1S/C17H20N2O4S/c1-19-14(9-13(18-19)17(20)21)12-6-3-7-15(16(12)22-2)23-11-5-4-8-24-10-11/h3,6-7,9,11H,4-5,8,10H2,1-2H3,(H,20,21). The van der Waals surface area contributed by atoms with Crippen LogP contribution in [0.4, 0.5) is 0 Å². The first kappa shape index (κ1) is 16.7. The first-order chi connectivity index (χ1) is 11.6. The Hall–Kier alpha value is -2.15. The van der Waals surface area contributed by atoms with Crippen LogP contribution in [-0.2, 0) is 7.05 Å². The molecule has 7 heteroatoms. The van der Waals surface area contributed by atoms with Gasteiger partial charge in [-0.05, 0) is 36.8 Å². The van der Waals surface area contributed by atoms with Gasteiger partial charge in [-0.2, -0.15) is 16.9 Å². The van der Waals surface area contributed by atoms with Crippen molar-refractivity contribution in [2.24, 2.45) is 7.05 Å². The van der Waals surface area contributed by atoms with Crippen molar-refractivity contribution in [1.29, 1.82) is 0 Å². The van der Waals surface area contributed by atoms with Crippen molar-refractivity contribution < 1.29 is 19.4 Å². The second kappa shape index (κ2) is 7.17. The summed E-state index contributed by atoms with van der Waals surface area (Å²) in [7, 11) is 3.31. The Kier molecular flexibility index (Phi) is 4.99. The number of rotatable bonds is 5. The maximum absolute atomic E-state index is 11.1. The molecule has 1 aromatic heterocycles. The molecule has 128 valence electrons. The minimum Gasteiger partial charge on any atom is -0.492 e.